The molecule has 0 spiro atoms. The van der Waals surface area contributed by atoms with E-state index in [1.165, 1.54) is 24.1 Å². The van der Waals surface area contributed by atoms with Crippen molar-refractivity contribution in [2.24, 2.45) is 16.6 Å². The fourth-order valence-electron chi connectivity index (χ4n) is 1.82. The van der Waals surface area contributed by atoms with Crippen molar-refractivity contribution in [2.45, 2.75) is 25.7 Å². The van der Waals surface area contributed by atoms with Gasteiger partial charge in [-0.15, -0.1) is 0 Å². The van der Waals surface area contributed by atoms with Gasteiger partial charge in [0.2, 0.25) is 0 Å². The molecule has 2 rings (SSSR count). The molecule has 0 saturated heterocycles. The number of rotatable bonds is 0. The average Bonchev–Trinajstić information content (AvgIpc) is 2.12. The van der Waals surface area contributed by atoms with E-state index < -0.39 is 0 Å². The zero-order valence-corrected chi connectivity index (χ0v) is 7.08. The SMILES string of the molecule is NC1=NCN(N)C2=C1CCCC2. The minimum atomic E-state index is 0.519. The Morgan fingerprint density at radius 2 is 2.00 bits per heavy atom. The summed E-state index contributed by atoms with van der Waals surface area (Å²) in [5, 5.41) is 1.71. The summed E-state index contributed by atoms with van der Waals surface area (Å²) in [6.45, 7) is 0.519. The van der Waals surface area contributed by atoms with Crippen molar-refractivity contribution in [1.82, 2.24) is 5.01 Å². The smallest absolute Gasteiger partial charge is 0.126 e. The van der Waals surface area contributed by atoms with E-state index in [2.05, 4.69) is 4.99 Å². The molecule has 4 heteroatoms. The highest BCUT2D eigenvalue weighted by Crippen LogP contribution is 2.27. The van der Waals surface area contributed by atoms with Gasteiger partial charge >= 0.3 is 0 Å². The van der Waals surface area contributed by atoms with Crippen molar-refractivity contribution >= 4 is 5.84 Å². The summed E-state index contributed by atoms with van der Waals surface area (Å²) >= 11 is 0. The van der Waals surface area contributed by atoms with Crippen LogP contribution in [0.25, 0.3) is 0 Å². The molecule has 0 saturated carbocycles. The minimum absolute atomic E-state index is 0.519. The lowest BCUT2D eigenvalue weighted by molar-refractivity contribution is 0.335. The summed E-state index contributed by atoms with van der Waals surface area (Å²) in [4.78, 5) is 4.13. The Morgan fingerprint density at radius 1 is 1.25 bits per heavy atom. The molecule has 0 amide bonds. The van der Waals surface area contributed by atoms with E-state index in [4.69, 9.17) is 11.6 Å². The van der Waals surface area contributed by atoms with Crippen LogP contribution in [0.15, 0.2) is 16.3 Å². The van der Waals surface area contributed by atoms with Crippen LogP contribution in [0.3, 0.4) is 0 Å². The number of hydrogen-bond donors (Lipinski definition) is 2. The molecular formula is C8H14N4. The lowest BCUT2D eigenvalue weighted by Crippen LogP contribution is -2.39. The zero-order valence-electron chi connectivity index (χ0n) is 7.08. The monoisotopic (exact) mass is 166 g/mol. The maximum absolute atomic E-state index is 5.76. The first-order chi connectivity index (χ1) is 5.79. The Morgan fingerprint density at radius 3 is 2.75 bits per heavy atom. The Hall–Kier alpha value is -1.03. The second-order valence-electron chi connectivity index (χ2n) is 3.29. The molecular weight excluding hydrogens is 152 g/mol. The van der Waals surface area contributed by atoms with Gasteiger partial charge in [0, 0.05) is 11.3 Å². The average molecular weight is 166 g/mol. The van der Waals surface area contributed by atoms with E-state index in [0.29, 0.717) is 12.5 Å². The number of hydrazine groups is 1. The summed E-state index contributed by atoms with van der Waals surface area (Å²) in [6, 6.07) is 0. The molecule has 1 aliphatic carbocycles. The van der Waals surface area contributed by atoms with E-state index >= 15 is 0 Å². The van der Waals surface area contributed by atoms with Gasteiger partial charge in [-0.3, -0.25) is 5.01 Å². The molecule has 0 aromatic rings. The summed E-state index contributed by atoms with van der Waals surface area (Å²) in [6.07, 6.45) is 4.53. The van der Waals surface area contributed by atoms with E-state index in [1.54, 1.807) is 5.01 Å². The predicted molar refractivity (Wildman–Crippen MR) is 48.0 cm³/mol. The molecule has 0 unspecified atom stereocenters. The lowest BCUT2D eigenvalue weighted by atomic mass is 9.94. The topological polar surface area (TPSA) is 67.6 Å². The van der Waals surface area contributed by atoms with E-state index in [9.17, 15) is 0 Å². The standard InChI is InChI=1S/C8H14N4/c9-8-6-3-1-2-4-7(6)12(10)5-11-8/h1-5,10H2,(H2,9,11). The minimum Gasteiger partial charge on any atom is -0.384 e. The first-order valence-corrected chi connectivity index (χ1v) is 4.33. The quantitative estimate of drug-likeness (QED) is 0.509. The summed E-state index contributed by atoms with van der Waals surface area (Å²) in [7, 11) is 0. The Kier molecular flexibility index (Phi) is 1.77. The number of nitrogens with two attached hydrogens (primary N) is 2. The number of amidine groups is 1. The van der Waals surface area contributed by atoms with E-state index in [1.807, 2.05) is 0 Å². The molecule has 4 nitrogen and oxygen atoms in total. The number of allylic oxidation sites excluding steroid dienone is 1. The summed E-state index contributed by atoms with van der Waals surface area (Å²) < 4.78 is 0. The molecule has 12 heavy (non-hydrogen) atoms. The van der Waals surface area contributed by atoms with Crippen LogP contribution in [-0.2, 0) is 0 Å². The van der Waals surface area contributed by atoms with Crippen LogP contribution in [0.2, 0.25) is 0 Å². The highest BCUT2D eigenvalue weighted by Gasteiger charge is 2.21. The highest BCUT2D eigenvalue weighted by atomic mass is 15.4. The first kappa shape index (κ1) is 7.61. The van der Waals surface area contributed by atoms with Crippen LogP contribution in [0.5, 0.6) is 0 Å². The third-order valence-electron chi connectivity index (χ3n) is 2.49. The number of nitrogens with zero attached hydrogens (tertiary/aromatic N) is 2. The van der Waals surface area contributed by atoms with Gasteiger partial charge in [-0.05, 0) is 25.7 Å². The van der Waals surface area contributed by atoms with Crippen molar-refractivity contribution in [2.75, 3.05) is 6.67 Å². The zero-order chi connectivity index (χ0) is 8.55. The van der Waals surface area contributed by atoms with Gasteiger partial charge in [-0.2, -0.15) is 0 Å². The largest absolute Gasteiger partial charge is 0.384 e. The molecule has 0 radical (unpaired) electrons. The highest BCUT2D eigenvalue weighted by molar-refractivity contribution is 5.98. The fourth-order valence-corrected chi connectivity index (χ4v) is 1.82. The molecule has 1 heterocycles. The molecule has 4 N–H and O–H groups in total. The summed E-state index contributed by atoms with van der Waals surface area (Å²) in [5.41, 5.74) is 8.14. The van der Waals surface area contributed by atoms with Crippen LogP contribution >= 0.6 is 0 Å². The normalized spacial score (nSPS) is 23.8. The predicted octanol–water partition coefficient (Wildman–Crippen LogP) is 0.318. The molecule has 1 aliphatic heterocycles. The Balaban J connectivity index is 2.34. The van der Waals surface area contributed by atoms with Gasteiger partial charge in [-0.25, -0.2) is 10.8 Å². The first-order valence-electron chi connectivity index (χ1n) is 4.33. The number of hydrogen-bond acceptors (Lipinski definition) is 4. The van der Waals surface area contributed by atoms with E-state index in [0.717, 1.165) is 12.8 Å². The second-order valence-corrected chi connectivity index (χ2v) is 3.29. The second kappa shape index (κ2) is 2.79. The van der Waals surface area contributed by atoms with Crippen molar-refractivity contribution in [3.8, 4) is 0 Å². The van der Waals surface area contributed by atoms with Crippen molar-refractivity contribution in [3.63, 3.8) is 0 Å². The molecule has 0 aromatic carbocycles. The van der Waals surface area contributed by atoms with Crippen LogP contribution in [0, 0.1) is 0 Å². The van der Waals surface area contributed by atoms with Crippen LogP contribution in [-0.4, -0.2) is 17.5 Å². The van der Waals surface area contributed by atoms with Crippen molar-refractivity contribution in [1.29, 1.82) is 0 Å². The molecule has 66 valence electrons. The van der Waals surface area contributed by atoms with E-state index in [-0.39, 0.29) is 0 Å². The van der Waals surface area contributed by atoms with Gasteiger partial charge in [0.1, 0.15) is 12.5 Å². The summed E-state index contributed by atoms with van der Waals surface area (Å²) in [5.74, 6) is 6.46. The van der Waals surface area contributed by atoms with Crippen molar-refractivity contribution in [3.05, 3.63) is 11.3 Å². The van der Waals surface area contributed by atoms with Gasteiger partial charge in [0.05, 0.1) is 0 Å². The Labute approximate surface area is 71.9 Å². The molecule has 0 aromatic heterocycles. The molecule has 0 bridgehead atoms. The molecule has 2 aliphatic rings. The maximum atomic E-state index is 5.76. The third kappa shape index (κ3) is 1.08. The molecule has 0 atom stereocenters. The fraction of sp³-hybridized carbons (Fsp3) is 0.625. The Bertz CT molecular complexity index is 254. The van der Waals surface area contributed by atoms with Crippen LogP contribution in [0.4, 0.5) is 0 Å². The van der Waals surface area contributed by atoms with Gasteiger partial charge < -0.3 is 5.73 Å². The van der Waals surface area contributed by atoms with Gasteiger partial charge in [0.15, 0.2) is 0 Å². The van der Waals surface area contributed by atoms with Crippen molar-refractivity contribution < 1.29 is 0 Å². The van der Waals surface area contributed by atoms with Crippen LogP contribution < -0.4 is 11.6 Å². The third-order valence-corrected chi connectivity index (χ3v) is 2.49. The lowest BCUT2D eigenvalue weighted by Gasteiger charge is -2.30. The van der Waals surface area contributed by atoms with Gasteiger partial charge in [0.25, 0.3) is 0 Å². The van der Waals surface area contributed by atoms with Crippen LogP contribution in [0.1, 0.15) is 25.7 Å². The maximum Gasteiger partial charge on any atom is 0.126 e. The molecule has 0 fully saturated rings. The number of aliphatic imine (C=N–C) groups is 1. The van der Waals surface area contributed by atoms with Gasteiger partial charge in [-0.1, -0.05) is 0 Å².